The Morgan fingerprint density at radius 2 is 2.45 bits per heavy atom. The number of hydrogen-bond donors (Lipinski definition) is 2. The molecule has 0 aliphatic rings. The van der Waals surface area contributed by atoms with Crippen molar-refractivity contribution in [2.24, 2.45) is 11.7 Å². The van der Waals surface area contributed by atoms with E-state index in [4.69, 9.17) is 10.8 Å². The first kappa shape index (κ1) is 8.71. The minimum absolute atomic E-state index is 0.187. The lowest BCUT2D eigenvalue weighted by atomic mass is 10.0. The van der Waals surface area contributed by atoms with Gasteiger partial charge in [-0.05, 0) is 41.3 Å². The van der Waals surface area contributed by atoms with Gasteiger partial charge in [0.2, 0.25) is 0 Å². The molecule has 0 saturated carbocycles. The molecule has 0 aromatic carbocycles. The third-order valence-corrected chi connectivity index (χ3v) is 2.43. The summed E-state index contributed by atoms with van der Waals surface area (Å²) in [7, 11) is 0. The van der Waals surface area contributed by atoms with E-state index in [0.29, 0.717) is 6.54 Å². The summed E-state index contributed by atoms with van der Waals surface area (Å²) >= 11 is 1.68. The number of rotatable bonds is 4. The van der Waals surface area contributed by atoms with Crippen molar-refractivity contribution in [1.29, 1.82) is 0 Å². The van der Waals surface area contributed by atoms with Gasteiger partial charge < -0.3 is 10.8 Å². The van der Waals surface area contributed by atoms with Crippen molar-refractivity contribution in [3.05, 3.63) is 22.4 Å². The van der Waals surface area contributed by atoms with Crippen LogP contribution in [0.2, 0.25) is 0 Å². The van der Waals surface area contributed by atoms with Gasteiger partial charge in [-0.25, -0.2) is 0 Å². The van der Waals surface area contributed by atoms with Crippen LogP contribution in [0.15, 0.2) is 16.8 Å². The molecule has 0 amide bonds. The molecule has 0 fully saturated rings. The molecule has 3 heteroatoms. The Labute approximate surface area is 70.7 Å². The maximum atomic E-state index is 8.85. The van der Waals surface area contributed by atoms with Crippen molar-refractivity contribution in [2.45, 2.75) is 6.42 Å². The van der Waals surface area contributed by atoms with Crippen LogP contribution in [0.25, 0.3) is 0 Å². The van der Waals surface area contributed by atoms with Gasteiger partial charge in [0.25, 0.3) is 0 Å². The van der Waals surface area contributed by atoms with E-state index in [9.17, 15) is 0 Å². The first-order chi connectivity index (χ1) is 5.36. The van der Waals surface area contributed by atoms with E-state index in [0.717, 1.165) is 6.42 Å². The van der Waals surface area contributed by atoms with E-state index in [2.05, 4.69) is 11.4 Å². The lowest BCUT2D eigenvalue weighted by molar-refractivity contribution is 0.230. The van der Waals surface area contributed by atoms with Gasteiger partial charge in [-0.1, -0.05) is 0 Å². The second-order valence-electron chi connectivity index (χ2n) is 2.62. The highest BCUT2D eigenvalue weighted by Crippen LogP contribution is 2.11. The molecule has 1 aromatic heterocycles. The quantitative estimate of drug-likeness (QED) is 0.705. The summed E-state index contributed by atoms with van der Waals surface area (Å²) in [4.78, 5) is 0. The first-order valence-corrected chi connectivity index (χ1v) is 4.63. The highest BCUT2D eigenvalue weighted by atomic mass is 32.1. The Kier molecular flexibility index (Phi) is 3.56. The van der Waals surface area contributed by atoms with Gasteiger partial charge in [-0.2, -0.15) is 11.3 Å². The largest absolute Gasteiger partial charge is 0.396 e. The van der Waals surface area contributed by atoms with Crippen LogP contribution in [-0.2, 0) is 6.42 Å². The van der Waals surface area contributed by atoms with Crippen LogP contribution in [0.1, 0.15) is 5.56 Å². The fourth-order valence-corrected chi connectivity index (χ4v) is 1.65. The zero-order valence-corrected chi connectivity index (χ0v) is 7.18. The van der Waals surface area contributed by atoms with Crippen molar-refractivity contribution in [3.8, 4) is 0 Å². The minimum Gasteiger partial charge on any atom is -0.396 e. The van der Waals surface area contributed by atoms with Crippen molar-refractivity contribution >= 4 is 11.3 Å². The second kappa shape index (κ2) is 4.49. The molecule has 3 N–H and O–H groups in total. The predicted octanol–water partition coefficient (Wildman–Crippen LogP) is 0.858. The molecule has 62 valence electrons. The Bertz CT molecular complexity index is 182. The van der Waals surface area contributed by atoms with Crippen molar-refractivity contribution in [1.82, 2.24) is 0 Å². The number of nitrogens with two attached hydrogens (primary N) is 1. The van der Waals surface area contributed by atoms with Crippen LogP contribution in [-0.4, -0.2) is 18.3 Å². The second-order valence-corrected chi connectivity index (χ2v) is 3.40. The predicted molar refractivity (Wildman–Crippen MR) is 47.7 cm³/mol. The van der Waals surface area contributed by atoms with Crippen LogP contribution < -0.4 is 5.73 Å². The molecule has 1 heterocycles. The van der Waals surface area contributed by atoms with Crippen LogP contribution in [0.3, 0.4) is 0 Å². The maximum absolute atomic E-state index is 8.85. The summed E-state index contributed by atoms with van der Waals surface area (Å²) in [5.74, 6) is 0.226. The van der Waals surface area contributed by atoms with Crippen molar-refractivity contribution in [2.75, 3.05) is 13.2 Å². The number of aliphatic hydroxyl groups excluding tert-OH is 1. The molecule has 1 rings (SSSR count). The molecular formula is C8H13NOS. The molecule has 11 heavy (non-hydrogen) atoms. The summed E-state index contributed by atoms with van der Waals surface area (Å²) < 4.78 is 0. The first-order valence-electron chi connectivity index (χ1n) is 3.68. The fraction of sp³-hybridized carbons (Fsp3) is 0.500. The topological polar surface area (TPSA) is 46.2 Å². The molecule has 0 bridgehead atoms. The SMILES string of the molecule is NC[C@@H](CO)Cc1ccsc1. The molecule has 0 aliphatic carbocycles. The lowest BCUT2D eigenvalue weighted by Crippen LogP contribution is -2.20. The Balaban J connectivity index is 2.41. The average molecular weight is 171 g/mol. The smallest absolute Gasteiger partial charge is 0.0474 e. The van der Waals surface area contributed by atoms with Crippen LogP contribution in [0.5, 0.6) is 0 Å². The summed E-state index contributed by atoms with van der Waals surface area (Å²) in [6.45, 7) is 0.749. The third-order valence-electron chi connectivity index (χ3n) is 1.70. The average Bonchev–Trinajstić information content (AvgIpc) is 2.52. The zero-order valence-electron chi connectivity index (χ0n) is 6.36. The standard InChI is InChI=1S/C8H13NOS/c9-4-8(5-10)3-7-1-2-11-6-7/h1-2,6,8,10H,3-5,9H2/t8-/m0/s1. The monoisotopic (exact) mass is 171 g/mol. The van der Waals surface area contributed by atoms with Crippen LogP contribution >= 0.6 is 11.3 Å². The molecule has 0 aliphatic heterocycles. The fourth-order valence-electron chi connectivity index (χ4n) is 0.965. The Morgan fingerprint density at radius 3 is 2.91 bits per heavy atom. The summed E-state index contributed by atoms with van der Waals surface area (Å²) in [5, 5.41) is 13.0. The van der Waals surface area contributed by atoms with Gasteiger partial charge in [0.1, 0.15) is 0 Å². The number of aliphatic hydroxyl groups is 1. The molecular weight excluding hydrogens is 158 g/mol. The van der Waals surface area contributed by atoms with Crippen molar-refractivity contribution in [3.63, 3.8) is 0 Å². The van der Waals surface area contributed by atoms with Gasteiger partial charge >= 0.3 is 0 Å². The number of hydrogen-bond acceptors (Lipinski definition) is 3. The Hall–Kier alpha value is -0.380. The summed E-state index contributed by atoms with van der Waals surface area (Å²) in [6, 6.07) is 2.07. The number of thiophene rings is 1. The molecule has 0 spiro atoms. The van der Waals surface area contributed by atoms with Gasteiger partial charge in [-0.3, -0.25) is 0 Å². The van der Waals surface area contributed by atoms with Gasteiger partial charge in [-0.15, -0.1) is 0 Å². The lowest BCUT2D eigenvalue weighted by Gasteiger charge is -2.08. The highest BCUT2D eigenvalue weighted by Gasteiger charge is 2.05. The highest BCUT2D eigenvalue weighted by molar-refractivity contribution is 7.07. The van der Waals surface area contributed by atoms with E-state index in [1.54, 1.807) is 11.3 Å². The molecule has 2 nitrogen and oxygen atoms in total. The van der Waals surface area contributed by atoms with Gasteiger partial charge in [0.15, 0.2) is 0 Å². The van der Waals surface area contributed by atoms with Gasteiger partial charge in [0, 0.05) is 6.61 Å². The van der Waals surface area contributed by atoms with E-state index >= 15 is 0 Å². The molecule has 0 saturated heterocycles. The minimum atomic E-state index is 0.187. The van der Waals surface area contributed by atoms with Crippen molar-refractivity contribution < 1.29 is 5.11 Å². The Morgan fingerprint density at radius 1 is 1.64 bits per heavy atom. The summed E-state index contributed by atoms with van der Waals surface area (Å²) in [5.41, 5.74) is 6.72. The third kappa shape index (κ3) is 2.61. The van der Waals surface area contributed by atoms with Gasteiger partial charge in [0.05, 0.1) is 0 Å². The van der Waals surface area contributed by atoms with E-state index < -0.39 is 0 Å². The molecule has 0 unspecified atom stereocenters. The molecule has 1 atom stereocenters. The van der Waals surface area contributed by atoms with E-state index in [1.165, 1.54) is 5.56 Å². The van der Waals surface area contributed by atoms with Crippen LogP contribution in [0.4, 0.5) is 0 Å². The maximum Gasteiger partial charge on any atom is 0.0474 e. The molecule has 0 radical (unpaired) electrons. The van der Waals surface area contributed by atoms with E-state index in [1.807, 2.05) is 5.38 Å². The molecule has 1 aromatic rings. The normalized spacial score (nSPS) is 13.3. The van der Waals surface area contributed by atoms with E-state index in [-0.39, 0.29) is 12.5 Å². The zero-order chi connectivity index (χ0) is 8.10. The summed E-state index contributed by atoms with van der Waals surface area (Å²) in [6.07, 6.45) is 0.899. The van der Waals surface area contributed by atoms with Crippen LogP contribution in [0, 0.1) is 5.92 Å².